The zero-order valence-corrected chi connectivity index (χ0v) is 32.3. The predicted molar refractivity (Wildman–Crippen MR) is 195 cm³/mol. The number of rotatable bonds is 10. The van der Waals surface area contributed by atoms with Crippen LogP contribution in [-0.4, -0.2) is 80.7 Å². The Labute approximate surface area is 330 Å². The van der Waals surface area contributed by atoms with E-state index in [4.69, 9.17) is 9.47 Å². The van der Waals surface area contributed by atoms with Crippen LogP contribution in [0, 0.1) is 28.6 Å². The monoisotopic (exact) mass is 822 g/mol. The molecular formula is C40H44F6N4O6S. The molecule has 2 aromatic rings. The highest BCUT2D eigenvalue weighted by Crippen LogP contribution is 2.50. The van der Waals surface area contributed by atoms with Gasteiger partial charge >= 0.3 is 18.3 Å². The Hall–Kier alpha value is -4.43. The number of ether oxygens (including phenoxy) is 2. The maximum atomic E-state index is 15.1. The fraction of sp³-hybridized carbons (Fsp3) is 0.575. The van der Waals surface area contributed by atoms with Crippen molar-refractivity contribution in [3.63, 3.8) is 0 Å². The number of aliphatic carboxylic acids is 1. The van der Waals surface area contributed by atoms with E-state index in [1.165, 1.54) is 4.90 Å². The number of hydrogen-bond donors (Lipinski definition) is 1. The second kappa shape index (κ2) is 16.1. The lowest BCUT2D eigenvalue weighted by molar-refractivity contribution is -0.162. The van der Waals surface area contributed by atoms with E-state index in [1.807, 2.05) is 31.2 Å². The second-order valence-electron chi connectivity index (χ2n) is 15.5. The molecule has 3 fully saturated rings. The molecule has 17 heteroatoms. The molecule has 2 aliphatic heterocycles. The number of carbonyl (C=O) groups is 3. The highest BCUT2D eigenvalue weighted by molar-refractivity contribution is 7.10. The predicted octanol–water partition coefficient (Wildman–Crippen LogP) is 8.31. The molecule has 6 atom stereocenters. The van der Waals surface area contributed by atoms with Crippen molar-refractivity contribution in [1.29, 1.82) is 5.26 Å². The summed E-state index contributed by atoms with van der Waals surface area (Å²) in [5.74, 6) is -3.90. The molecule has 4 heterocycles. The summed E-state index contributed by atoms with van der Waals surface area (Å²) in [5, 5.41) is 21.5. The highest BCUT2D eigenvalue weighted by Gasteiger charge is 2.58. The lowest BCUT2D eigenvalue weighted by Gasteiger charge is -2.52. The van der Waals surface area contributed by atoms with Crippen molar-refractivity contribution >= 4 is 29.1 Å². The van der Waals surface area contributed by atoms with Gasteiger partial charge in [0, 0.05) is 49.6 Å². The molecule has 0 bridgehead atoms. The minimum Gasteiger partial charge on any atom is -0.481 e. The Morgan fingerprint density at radius 2 is 1.81 bits per heavy atom. The van der Waals surface area contributed by atoms with E-state index in [0.29, 0.717) is 37.0 Å². The molecule has 0 radical (unpaired) electrons. The molecule has 308 valence electrons. The lowest BCUT2D eigenvalue weighted by Crippen LogP contribution is -2.69. The number of pyridine rings is 1. The molecule has 1 N–H and O–H groups in total. The molecule has 1 saturated carbocycles. The first-order valence-electron chi connectivity index (χ1n) is 19.0. The van der Waals surface area contributed by atoms with Crippen LogP contribution < -0.4 is 4.74 Å². The number of carboxylic acid groups (broad SMARTS) is 1. The van der Waals surface area contributed by atoms with E-state index >= 15 is 4.79 Å². The molecular weight excluding hydrogens is 779 g/mol. The Morgan fingerprint density at radius 1 is 1.07 bits per heavy atom. The summed E-state index contributed by atoms with van der Waals surface area (Å²) in [6, 6.07) is 3.87. The third-order valence-electron chi connectivity index (χ3n) is 11.9. The summed E-state index contributed by atoms with van der Waals surface area (Å²) in [5.41, 5.74) is -6.16. The first-order valence-corrected chi connectivity index (χ1v) is 19.9. The second-order valence-corrected chi connectivity index (χ2v) is 16.4. The Bertz CT molecular complexity index is 1930. The Balaban J connectivity index is 1.32. The molecule has 6 rings (SSSR count). The van der Waals surface area contributed by atoms with Gasteiger partial charge in [0.1, 0.15) is 16.3 Å². The summed E-state index contributed by atoms with van der Waals surface area (Å²) in [6.45, 7) is 3.60. The first-order chi connectivity index (χ1) is 26.9. The number of halogens is 6. The average Bonchev–Trinajstić information content (AvgIpc) is 3.85. The van der Waals surface area contributed by atoms with Gasteiger partial charge in [-0.25, -0.2) is 0 Å². The molecule has 0 aromatic carbocycles. The largest absolute Gasteiger partial charge is 0.481 e. The summed E-state index contributed by atoms with van der Waals surface area (Å²) >= 11 is 0.366. The topological polar surface area (TPSA) is 133 Å². The summed E-state index contributed by atoms with van der Waals surface area (Å²) in [7, 11) is 0. The Morgan fingerprint density at radius 3 is 2.42 bits per heavy atom. The number of alkyl halides is 6. The number of amides is 2. The van der Waals surface area contributed by atoms with Crippen molar-refractivity contribution in [2.24, 2.45) is 17.3 Å². The summed E-state index contributed by atoms with van der Waals surface area (Å²) < 4.78 is 96.5. The van der Waals surface area contributed by atoms with Crippen molar-refractivity contribution in [2.45, 2.75) is 107 Å². The van der Waals surface area contributed by atoms with Gasteiger partial charge in [0.05, 0.1) is 40.7 Å². The van der Waals surface area contributed by atoms with Gasteiger partial charge in [-0.1, -0.05) is 37.6 Å². The first kappa shape index (κ1) is 42.2. The fourth-order valence-electron chi connectivity index (χ4n) is 9.14. The van der Waals surface area contributed by atoms with Crippen LogP contribution in [0.3, 0.4) is 0 Å². The number of thiophene rings is 1. The van der Waals surface area contributed by atoms with E-state index in [9.17, 15) is 46.3 Å². The number of carboxylic acids is 1. The van der Waals surface area contributed by atoms with Crippen molar-refractivity contribution in [2.75, 3.05) is 19.6 Å². The van der Waals surface area contributed by atoms with Crippen LogP contribution in [0.15, 0.2) is 54.1 Å². The van der Waals surface area contributed by atoms with Gasteiger partial charge in [-0.2, -0.15) is 31.6 Å². The van der Waals surface area contributed by atoms with Crippen LogP contribution in [0.4, 0.5) is 26.3 Å². The van der Waals surface area contributed by atoms with Crippen LogP contribution in [0.1, 0.15) is 92.6 Å². The van der Waals surface area contributed by atoms with E-state index in [1.54, 1.807) is 6.92 Å². The maximum Gasteiger partial charge on any atom is 0.425 e. The third-order valence-corrected chi connectivity index (χ3v) is 12.8. The SMILES string of the molecule is CCC[C@H]1N(C(=O)c2ncccc2C(F)(F)F)CCC[C@@]1(Oc1csc(C(F)(F)F)c1)C(=O)N1CCC(C#N)(C2C=CC=CC2(C)O[C@H]2CC[C@@H](C(=O)O)C2)CC1. The summed E-state index contributed by atoms with van der Waals surface area (Å²) in [6.07, 6.45) is 0.571. The number of nitriles is 1. The normalized spacial score (nSPS) is 28.9. The summed E-state index contributed by atoms with van der Waals surface area (Å²) in [4.78, 5) is 46.3. The van der Waals surface area contributed by atoms with E-state index in [-0.39, 0.29) is 63.6 Å². The van der Waals surface area contributed by atoms with Gasteiger partial charge in [0.25, 0.3) is 11.8 Å². The molecule has 2 aliphatic carbocycles. The van der Waals surface area contributed by atoms with Gasteiger partial charge in [-0.05, 0) is 64.0 Å². The van der Waals surface area contributed by atoms with E-state index in [0.717, 1.165) is 34.7 Å². The number of hydrogen-bond acceptors (Lipinski definition) is 8. The van der Waals surface area contributed by atoms with Crippen molar-refractivity contribution in [3.8, 4) is 11.8 Å². The quantitative estimate of drug-likeness (QED) is 0.237. The van der Waals surface area contributed by atoms with Gasteiger partial charge in [-0.3, -0.25) is 19.4 Å². The number of piperidine rings is 2. The molecule has 4 aliphatic rings. The molecule has 10 nitrogen and oxygen atoms in total. The van der Waals surface area contributed by atoms with E-state index < -0.39 is 80.8 Å². The molecule has 2 saturated heterocycles. The Kier molecular flexibility index (Phi) is 11.9. The van der Waals surface area contributed by atoms with Crippen molar-refractivity contribution in [1.82, 2.24) is 14.8 Å². The molecule has 0 spiro atoms. The van der Waals surface area contributed by atoms with E-state index in [2.05, 4.69) is 11.1 Å². The van der Waals surface area contributed by atoms with Crippen molar-refractivity contribution in [3.05, 3.63) is 70.2 Å². The number of carbonyl (C=O) groups excluding carboxylic acids is 2. The number of nitrogens with zero attached hydrogens (tertiary/aromatic N) is 4. The highest BCUT2D eigenvalue weighted by atomic mass is 32.1. The molecule has 57 heavy (non-hydrogen) atoms. The number of allylic oxidation sites excluding steroid dienone is 2. The zero-order valence-electron chi connectivity index (χ0n) is 31.4. The maximum absolute atomic E-state index is 15.1. The third kappa shape index (κ3) is 8.30. The standard InChI is InChI=1S/C40H44F6N4O6S/c1-3-8-30-38(56-27-22-31(57-23-27)40(44,45)46,14-7-18-50(30)33(51)32-28(39(41,42)43)9-6-17-48-32)35(54)49-19-15-37(24-47,16-20-49)29-10-4-5-13-36(29,2)55-26-12-11-25(21-26)34(52)53/h4-6,9-10,13,17,22-23,25-26,29-30H,3,7-8,11-12,14-16,18-21H2,1-2H3,(H,52,53)/t25-,26+,29?,30-,36?,38+/m1/s1. The van der Waals surface area contributed by atoms with Crippen LogP contribution in [-0.2, 0) is 26.7 Å². The van der Waals surface area contributed by atoms with Crippen LogP contribution in [0.5, 0.6) is 5.75 Å². The molecule has 2 aromatic heterocycles. The number of likely N-dealkylation sites (tertiary alicyclic amines) is 2. The lowest BCUT2D eigenvalue weighted by atomic mass is 9.62. The smallest absolute Gasteiger partial charge is 0.425 e. The van der Waals surface area contributed by atoms with Gasteiger partial charge < -0.3 is 24.4 Å². The molecule has 2 amide bonds. The number of aromatic nitrogens is 1. The van der Waals surface area contributed by atoms with Crippen molar-refractivity contribution < 1.29 is 55.3 Å². The minimum absolute atomic E-state index is 0.0227. The van der Waals surface area contributed by atoms with Gasteiger partial charge in [0.15, 0.2) is 0 Å². The van der Waals surface area contributed by atoms with Gasteiger partial charge in [0.2, 0.25) is 5.60 Å². The van der Waals surface area contributed by atoms with Crippen LogP contribution in [0.25, 0.3) is 0 Å². The fourth-order valence-corrected chi connectivity index (χ4v) is 9.81. The minimum atomic E-state index is -4.92. The van der Waals surface area contributed by atoms with Crippen LogP contribution in [0.2, 0.25) is 0 Å². The zero-order chi connectivity index (χ0) is 41.4. The average molecular weight is 823 g/mol. The van der Waals surface area contributed by atoms with Gasteiger partial charge in [-0.15, -0.1) is 11.3 Å². The molecule has 2 unspecified atom stereocenters. The van der Waals surface area contributed by atoms with Crippen LogP contribution >= 0.6 is 11.3 Å².